The quantitative estimate of drug-likeness (QED) is 0.271. The van der Waals surface area contributed by atoms with Gasteiger partial charge in [0.05, 0.1) is 4.92 Å². The van der Waals surface area contributed by atoms with Crippen LogP contribution >= 0.6 is 11.6 Å². The Balaban J connectivity index is 1.58. The molecular weight excluding hydrogens is 400 g/mol. The molecule has 0 saturated carbocycles. The van der Waals surface area contributed by atoms with E-state index in [0.29, 0.717) is 18.2 Å². The van der Waals surface area contributed by atoms with Crippen LogP contribution in [0.15, 0.2) is 84.9 Å². The fourth-order valence-electron chi connectivity index (χ4n) is 3.27. The van der Waals surface area contributed by atoms with Crippen molar-refractivity contribution in [3.8, 4) is 5.75 Å². The number of hydrogen-bond acceptors (Lipinski definition) is 4. The number of non-ortho nitro benzene ring substituents is 1. The highest BCUT2D eigenvalue weighted by atomic mass is 35.5. The van der Waals surface area contributed by atoms with E-state index in [1.54, 1.807) is 12.1 Å². The van der Waals surface area contributed by atoms with Gasteiger partial charge in [-0.3, -0.25) is 10.1 Å². The number of nitrogens with one attached hydrogen (secondary N) is 1. The highest BCUT2D eigenvalue weighted by Crippen LogP contribution is 2.30. The number of hydrogen-bond donors (Lipinski definition) is 1. The minimum atomic E-state index is -0.406. The molecule has 0 aliphatic heterocycles. The molecule has 4 aromatic carbocycles. The maximum Gasteiger partial charge on any atom is 0.269 e. The number of nitrogens with zero attached hydrogens (tertiary/aromatic N) is 1. The van der Waals surface area contributed by atoms with Crippen LogP contribution < -0.4 is 10.1 Å². The van der Waals surface area contributed by atoms with Gasteiger partial charge in [0.2, 0.25) is 0 Å². The Morgan fingerprint density at radius 1 is 0.900 bits per heavy atom. The van der Waals surface area contributed by atoms with Crippen molar-refractivity contribution in [2.75, 3.05) is 5.32 Å². The Bertz CT molecular complexity index is 1180. The topological polar surface area (TPSA) is 64.4 Å². The summed E-state index contributed by atoms with van der Waals surface area (Å²) in [7, 11) is 0. The SMILES string of the molecule is O=[N+]([O-])c1ccc(NCc2c(OCc3ccc(Cl)cc3)ccc3ccccc23)cc1. The van der Waals surface area contributed by atoms with Gasteiger partial charge >= 0.3 is 0 Å². The molecule has 150 valence electrons. The molecule has 6 heteroatoms. The summed E-state index contributed by atoms with van der Waals surface area (Å²) in [5.74, 6) is 0.790. The summed E-state index contributed by atoms with van der Waals surface area (Å²) in [6, 6.07) is 26.1. The molecule has 0 radical (unpaired) electrons. The normalized spacial score (nSPS) is 10.7. The monoisotopic (exact) mass is 418 g/mol. The second-order valence-electron chi connectivity index (χ2n) is 6.84. The summed E-state index contributed by atoms with van der Waals surface area (Å²) >= 11 is 5.96. The highest BCUT2D eigenvalue weighted by Gasteiger charge is 2.10. The van der Waals surface area contributed by atoms with Crippen LogP contribution in [0.1, 0.15) is 11.1 Å². The zero-order chi connectivity index (χ0) is 20.9. The molecular formula is C24H19ClN2O3. The molecule has 0 spiro atoms. The van der Waals surface area contributed by atoms with Crippen LogP contribution in [0.25, 0.3) is 10.8 Å². The van der Waals surface area contributed by atoms with Gasteiger partial charge in [-0.05, 0) is 46.7 Å². The molecule has 4 rings (SSSR count). The minimum absolute atomic E-state index is 0.0673. The van der Waals surface area contributed by atoms with Crippen molar-refractivity contribution in [1.82, 2.24) is 0 Å². The third-order valence-corrected chi connectivity index (χ3v) is 5.10. The van der Waals surface area contributed by atoms with Crippen molar-refractivity contribution in [2.45, 2.75) is 13.2 Å². The third-order valence-electron chi connectivity index (χ3n) is 4.85. The lowest BCUT2D eigenvalue weighted by molar-refractivity contribution is -0.384. The average Bonchev–Trinajstić information content (AvgIpc) is 2.77. The fraction of sp³-hybridized carbons (Fsp3) is 0.0833. The molecule has 4 aromatic rings. The van der Waals surface area contributed by atoms with E-state index in [9.17, 15) is 10.1 Å². The first-order valence-corrected chi connectivity index (χ1v) is 9.84. The predicted octanol–water partition coefficient (Wildman–Crippen LogP) is 6.59. The number of ether oxygens (including phenoxy) is 1. The predicted molar refractivity (Wildman–Crippen MR) is 120 cm³/mol. The molecule has 0 aromatic heterocycles. The number of fused-ring (bicyclic) bond motifs is 1. The molecule has 5 nitrogen and oxygen atoms in total. The van der Waals surface area contributed by atoms with Gasteiger partial charge < -0.3 is 10.1 Å². The van der Waals surface area contributed by atoms with Gasteiger partial charge in [0.15, 0.2) is 0 Å². The first kappa shape index (κ1) is 19.7. The lowest BCUT2D eigenvalue weighted by atomic mass is 10.0. The highest BCUT2D eigenvalue weighted by molar-refractivity contribution is 6.30. The smallest absolute Gasteiger partial charge is 0.269 e. The fourth-order valence-corrected chi connectivity index (χ4v) is 3.39. The summed E-state index contributed by atoms with van der Waals surface area (Å²) in [6.45, 7) is 0.954. The molecule has 0 heterocycles. The summed E-state index contributed by atoms with van der Waals surface area (Å²) in [4.78, 5) is 10.4. The Hall–Kier alpha value is -3.57. The molecule has 0 aliphatic carbocycles. The average molecular weight is 419 g/mol. The van der Waals surface area contributed by atoms with Crippen LogP contribution in [0.5, 0.6) is 5.75 Å². The zero-order valence-corrected chi connectivity index (χ0v) is 16.8. The standard InChI is InChI=1S/C24H19ClN2O3/c25-19-8-5-17(6-9-19)16-30-24-14-7-18-3-1-2-4-22(18)23(24)15-26-20-10-12-21(13-11-20)27(28)29/h1-14,26H,15-16H2. The molecule has 0 amide bonds. The van der Waals surface area contributed by atoms with Crippen LogP contribution in [0.4, 0.5) is 11.4 Å². The van der Waals surface area contributed by atoms with E-state index >= 15 is 0 Å². The number of anilines is 1. The first-order chi connectivity index (χ1) is 14.6. The largest absolute Gasteiger partial charge is 0.489 e. The molecule has 0 unspecified atom stereocenters. The zero-order valence-electron chi connectivity index (χ0n) is 16.0. The number of halogens is 1. The van der Waals surface area contributed by atoms with Crippen LogP contribution in [-0.4, -0.2) is 4.92 Å². The van der Waals surface area contributed by atoms with Gasteiger partial charge in [0.25, 0.3) is 5.69 Å². The Morgan fingerprint density at radius 2 is 1.63 bits per heavy atom. The van der Waals surface area contributed by atoms with Gasteiger partial charge in [-0.15, -0.1) is 0 Å². The minimum Gasteiger partial charge on any atom is -0.489 e. The summed E-state index contributed by atoms with van der Waals surface area (Å²) < 4.78 is 6.14. The Morgan fingerprint density at radius 3 is 2.37 bits per heavy atom. The van der Waals surface area contributed by atoms with Gasteiger partial charge in [-0.25, -0.2) is 0 Å². The molecule has 0 saturated heterocycles. The maximum absolute atomic E-state index is 10.9. The molecule has 0 fully saturated rings. The first-order valence-electron chi connectivity index (χ1n) is 9.46. The van der Waals surface area contributed by atoms with Gasteiger partial charge in [0.1, 0.15) is 12.4 Å². The van der Waals surface area contributed by atoms with Crippen molar-refractivity contribution in [3.05, 3.63) is 111 Å². The van der Waals surface area contributed by atoms with E-state index < -0.39 is 4.92 Å². The van der Waals surface area contributed by atoms with Gasteiger partial charge in [-0.2, -0.15) is 0 Å². The van der Waals surface area contributed by atoms with Crippen molar-refractivity contribution in [3.63, 3.8) is 0 Å². The molecule has 30 heavy (non-hydrogen) atoms. The van der Waals surface area contributed by atoms with E-state index in [1.165, 1.54) is 12.1 Å². The van der Waals surface area contributed by atoms with Crippen LogP contribution in [-0.2, 0) is 13.2 Å². The lowest BCUT2D eigenvalue weighted by Gasteiger charge is -2.16. The van der Waals surface area contributed by atoms with Crippen molar-refractivity contribution in [2.24, 2.45) is 0 Å². The Kier molecular flexibility index (Phi) is 5.82. The van der Waals surface area contributed by atoms with Crippen LogP contribution in [0.3, 0.4) is 0 Å². The van der Waals surface area contributed by atoms with Crippen LogP contribution in [0, 0.1) is 10.1 Å². The molecule has 0 aliphatic rings. The number of benzene rings is 4. The summed E-state index contributed by atoms with van der Waals surface area (Å²) in [5, 5.41) is 17.1. The summed E-state index contributed by atoms with van der Waals surface area (Å²) in [6.07, 6.45) is 0. The van der Waals surface area contributed by atoms with Crippen molar-refractivity contribution >= 4 is 33.7 Å². The van der Waals surface area contributed by atoms with E-state index in [-0.39, 0.29) is 5.69 Å². The Labute approximate surface area is 179 Å². The second kappa shape index (κ2) is 8.84. The lowest BCUT2D eigenvalue weighted by Crippen LogP contribution is -2.05. The summed E-state index contributed by atoms with van der Waals surface area (Å²) in [5.41, 5.74) is 2.93. The number of rotatable bonds is 7. The van der Waals surface area contributed by atoms with Gasteiger partial charge in [0, 0.05) is 35.0 Å². The number of nitro benzene ring substituents is 1. The van der Waals surface area contributed by atoms with E-state index in [4.69, 9.17) is 16.3 Å². The van der Waals surface area contributed by atoms with Crippen LogP contribution in [0.2, 0.25) is 5.02 Å². The van der Waals surface area contributed by atoms with E-state index in [0.717, 1.165) is 33.3 Å². The number of nitro groups is 1. The maximum atomic E-state index is 10.9. The van der Waals surface area contributed by atoms with Crippen molar-refractivity contribution < 1.29 is 9.66 Å². The van der Waals surface area contributed by atoms with E-state index in [2.05, 4.69) is 17.4 Å². The molecule has 0 bridgehead atoms. The third kappa shape index (κ3) is 4.53. The second-order valence-corrected chi connectivity index (χ2v) is 7.27. The molecule has 1 N–H and O–H groups in total. The van der Waals surface area contributed by atoms with Gasteiger partial charge in [-0.1, -0.05) is 54.1 Å². The molecule has 0 atom stereocenters. The van der Waals surface area contributed by atoms with E-state index in [1.807, 2.05) is 48.5 Å². The van der Waals surface area contributed by atoms with Crippen molar-refractivity contribution in [1.29, 1.82) is 0 Å².